The van der Waals surface area contributed by atoms with E-state index in [1.54, 1.807) is 0 Å². The van der Waals surface area contributed by atoms with E-state index in [0.29, 0.717) is 0 Å². The maximum absolute atomic E-state index is 3.13. The molecule has 0 saturated heterocycles. The Kier molecular flexibility index (Phi) is 4.68. The van der Waals surface area contributed by atoms with E-state index < -0.39 is 0 Å². The Labute approximate surface area is 91.6 Å². The molecule has 0 aromatic heterocycles. The molecule has 0 aromatic carbocycles. The summed E-state index contributed by atoms with van der Waals surface area (Å²) in [7, 11) is 0. The summed E-state index contributed by atoms with van der Waals surface area (Å²) < 4.78 is 4.14. The Morgan fingerprint density at radius 1 is 0.727 bits per heavy atom. The van der Waals surface area contributed by atoms with E-state index >= 15 is 0 Å². The molecule has 0 aromatic rings. The molecule has 1 aliphatic rings. The topological polar surface area (TPSA) is 0 Å². The Balaban J connectivity index is 2.64. The summed E-state index contributed by atoms with van der Waals surface area (Å²) in [6.07, 6.45) is 6.46. The molecule has 0 unspecified atom stereocenters. The average Bonchev–Trinajstić information content (AvgIpc) is 2.00. The summed E-state index contributed by atoms with van der Waals surface area (Å²) in [5.41, 5.74) is 0. The Bertz CT molecular complexity index is 185. The monoisotopic (exact) mass is 346 g/mol. The molecule has 1 saturated carbocycles. The van der Waals surface area contributed by atoms with Gasteiger partial charge in [-0.15, -0.1) is 0 Å². The molecule has 0 bridgehead atoms. The summed E-state index contributed by atoms with van der Waals surface area (Å²) in [5.74, 6) is 0. The molecular formula is C8H10Se3. The van der Waals surface area contributed by atoms with E-state index in [2.05, 4.69) is 46.7 Å². The molecular weight excluding hydrogens is 333 g/mol. The fraction of sp³-hybridized carbons (Fsp3) is 0.625. The van der Waals surface area contributed by atoms with Gasteiger partial charge in [-0.05, 0) is 0 Å². The van der Waals surface area contributed by atoms with Crippen molar-refractivity contribution in [3.63, 3.8) is 0 Å². The van der Waals surface area contributed by atoms with E-state index in [4.69, 9.17) is 0 Å². The Hall–Kier alpha value is 1.17. The normalized spacial score (nSPS) is 21.3. The molecule has 0 amide bonds. The van der Waals surface area contributed by atoms with Crippen LogP contribution in [-0.2, 0) is 0 Å². The third-order valence-electron chi connectivity index (χ3n) is 1.81. The minimum absolute atomic E-state index is 1.22. The first-order valence-corrected chi connectivity index (χ1v) is 6.39. The summed E-state index contributed by atoms with van der Waals surface area (Å²) in [4.78, 5) is 0. The molecule has 0 nitrogen and oxygen atoms in total. The van der Waals surface area contributed by atoms with E-state index in [-0.39, 0.29) is 0 Å². The van der Waals surface area contributed by atoms with Crippen molar-refractivity contribution >= 4 is 60.0 Å². The molecule has 0 spiro atoms. The van der Waals surface area contributed by atoms with Crippen molar-refractivity contribution in [2.24, 2.45) is 0 Å². The first kappa shape index (κ1) is 10.3. The van der Waals surface area contributed by atoms with Gasteiger partial charge >= 0.3 is 92.1 Å². The van der Waals surface area contributed by atoms with Gasteiger partial charge in [-0.1, -0.05) is 0 Å². The second-order valence-electron chi connectivity index (χ2n) is 2.74. The van der Waals surface area contributed by atoms with Gasteiger partial charge in [-0.2, -0.15) is 0 Å². The van der Waals surface area contributed by atoms with Gasteiger partial charge in [0.05, 0.1) is 0 Å². The average molecular weight is 343 g/mol. The van der Waals surface area contributed by atoms with Crippen molar-refractivity contribution in [1.29, 1.82) is 0 Å². The fourth-order valence-corrected chi connectivity index (χ4v) is 3.01. The zero-order valence-electron chi connectivity index (χ0n) is 6.26. The van der Waals surface area contributed by atoms with Crippen LogP contribution < -0.4 is 0 Å². The van der Waals surface area contributed by atoms with Crippen LogP contribution in [-0.4, -0.2) is 60.0 Å². The molecule has 60 valence electrons. The van der Waals surface area contributed by atoms with E-state index in [1.807, 2.05) is 0 Å². The Morgan fingerprint density at radius 3 is 1.64 bits per heavy atom. The third-order valence-corrected chi connectivity index (χ3v) is 5.87. The van der Waals surface area contributed by atoms with Gasteiger partial charge < -0.3 is 0 Å². The van der Waals surface area contributed by atoms with Gasteiger partial charge in [0.1, 0.15) is 0 Å². The van der Waals surface area contributed by atoms with Crippen LogP contribution in [0.3, 0.4) is 0 Å². The van der Waals surface area contributed by atoms with Crippen molar-refractivity contribution in [1.82, 2.24) is 0 Å². The predicted octanol–water partition coefficient (Wildman–Crippen LogP) is -0.0268. The van der Waals surface area contributed by atoms with Crippen LogP contribution in [0, 0.1) is 0 Å². The number of hydrogen-bond acceptors (Lipinski definition) is 0. The minimum atomic E-state index is 1.22. The van der Waals surface area contributed by atoms with E-state index in [9.17, 15) is 0 Å². The quantitative estimate of drug-likeness (QED) is 0.542. The maximum atomic E-state index is 3.13. The summed E-state index contributed by atoms with van der Waals surface area (Å²) >= 11 is 9.40. The second kappa shape index (κ2) is 5.02. The molecule has 1 aliphatic carbocycles. The van der Waals surface area contributed by atoms with E-state index in [0.717, 1.165) is 0 Å². The summed E-state index contributed by atoms with van der Waals surface area (Å²) in [6, 6.07) is 0. The van der Waals surface area contributed by atoms with Crippen molar-refractivity contribution in [3.8, 4) is 0 Å². The van der Waals surface area contributed by atoms with Crippen molar-refractivity contribution in [3.05, 3.63) is 0 Å². The molecule has 3 heteroatoms. The van der Waals surface area contributed by atoms with Crippen molar-refractivity contribution < 1.29 is 0 Å². The molecule has 1 fully saturated rings. The number of rotatable bonds is 0. The van der Waals surface area contributed by atoms with Crippen LogP contribution in [0.5, 0.6) is 0 Å². The molecule has 0 atom stereocenters. The summed E-state index contributed by atoms with van der Waals surface area (Å²) in [6.45, 7) is 0. The first-order valence-electron chi connectivity index (χ1n) is 3.82. The van der Waals surface area contributed by atoms with Gasteiger partial charge in [-0.25, -0.2) is 0 Å². The fourth-order valence-electron chi connectivity index (χ4n) is 1.13. The second-order valence-corrected chi connectivity index (χ2v) is 5.66. The molecule has 0 aliphatic heterocycles. The first-order chi connectivity index (χ1) is 5.22. The van der Waals surface area contributed by atoms with Crippen molar-refractivity contribution in [2.45, 2.75) is 32.1 Å². The van der Waals surface area contributed by atoms with Crippen molar-refractivity contribution in [2.75, 3.05) is 0 Å². The standard InChI is InChI=1S/C8H10Se3/c9-6-4-2-1-3-5-7(10)8(6)11/h1-5H2. The van der Waals surface area contributed by atoms with Crippen LogP contribution in [0.4, 0.5) is 0 Å². The number of hydrogen-bond donors (Lipinski definition) is 0. The summed E-state index contributed by atoms with van der Waals surface area (Å²) in [5, 5.41) is 0. The molecule has 1 rings (SSSR count). The van der Waals surface area contributed by atoms with E-state index in [1.165, 1.54) is 45.4 Å². The zero-order chi connectivity index (χ0) is 8.27. The van der Waals surface area contributed by atoms with Gasteiger partial charge in [0, 0.05) is 0 Å². The van der Waals surface area contributed by atoms with Gasteiger partial charge in [-0.3, -0.25) is 0 Å². The van der Waals surface area contributed by atoms with Gasteiger partial charge in [0.2, 0.25) is 0 Å². The molecule has 11 heavy (non-hydrogen) atoms. The molecule has 0 N–H and O–H groups in total. The third kappa shape index (κ3) is 3.19. The molecule has 0 heterocycles. The van der Waals surface area contributed by atoms with Crippen LogP contribution in [0.25, 0.3) is 0 Å². The van der Waals surface area contributed by atoms with Crippen LogP contribution in [0.1, 0.15) is 32.1 Å². The Morgan fingerprint density at radius 2 is 1.18 bits per heavy atom. The predicted molar refractivity (Wildman–Crippen MR) is 55.4 cm³/mol. The van der Waals surface area contributed by atoms with Crippen LogP contribution in [0.15, 0.2) is 0 Å². The van der Waals surface area contributed by atoms with Gasteiger partial charge in [0.25, 0.3) is 0 Å². The zero-order valence-corrected chi connectivity index (χ0v) is 11.4. The van der Waals surface area contributed by atoms with Gasteiger partial charge in [0.15, 0.2) is 0 Å². The van der Waals surface area contributed by atoms with Crippen LogP contribution >= 0.6 is 0 Å². The SMILES string of the molecule is [Se]=C1CCCCCC(=[Se])C1=[Se]. The molecule has 0 radical (unpaired) electrons. The van der Waals surface area contributed by atoms with Crippen LogP contribution in [0.2, 0.25) is 0 Å².